The summed E-state index contributed by atoms with van der Waals surface area (Å²) in [6.07, 6.45) is 9.14. The van der Waals surface area contributed by atoms with Crippen LogP contribution in [0.1, 0.15) is 0 Å². The smallest absolute Gasteiger partial charge is 0.236 e. The summed E-state index contributed by atoms with van der Waals surface area (Å²) < 4.78 is 0. The molecule has 0 spiro atoms. The molecule has 1 N–H and O–H groups in total. The molecule has 1 aliphatic rings. The second-order valence-electron chi connectivity index (χ2n) is 4.41. The zero-order valence-electron chi connectivity index (χ0n) is 10.7. The maximum atomic E-state index is 12.0. The summed E-state index contributed by atoms with van der Waals surface area (Å²) in [5.74, 6) is 0.239. The summed E-state index contributed by atoms with van der Waals surface area (Å²) in [6, 6.07) is 11.1. The largest absolute Gasteiger partial charge is 0.310 e. The van der Waals surface area contributed by atoms with Gasteiger partial charge in [0.1, 0.15) is 5.82 Å². The first-order valence-electron chi connectivity index (χ1n) is 6.37. The fourth-order valence-corrected chi connectivity index (χ4v) is 1.98. The summed E-state index contributed by atoms with van der Waals surface area (Å²) in [7, 11) is 0. The molecule has 1 amide bonds. The lowest BCUT2D eigenvalue weighted by molar-refractivity contribution is -0.117. The van der Waals surface area contributed by atoms with Crippen LogP contribution in [0, 0.1) is 5.92 Å². The molecule has 2 aromatic heterocycles. The Balaban J connectivity index is 1.80. The van der Waals surface area contributed by atoms with Gasteiger partial charge in [-0.3, -0.25) is 9.78 Å². The Bertz CT molecular complexity index is 665. The molecule has 4 nitrogen and oxygen atoms in total. The van der Waals surface area contributed by atoms with Crippen molar-refractivity contribution < 1.29 is 4.79 Å². The van der Waals surface area contributed by atoms with Crippen LogP contribution in [0.15, 0.2) is 66.9 Å². The molecule has 20 heavy (non-hydrogen) atoms. The van der Waals surface area contributed by atoms with E-state index in [0.717, 1.165) is 11.4 Å². The highest BCUT2D eigenvalue weighted by molar-refractivity contribution is 5.94. The summed E-state index contributed by atoms with van der Waals surface area (Å²) in [6.45, 7) is 0. The van der Waals surface area contributed by atoms with Crippen LogP contribution in [0.3, 0.4) is 0 Å². The lowest BCUT2D eigenvalue weighted by atomic mass is 10.1. The van der Waals surface area contributed by atoms with E-state index in [1.165, 1.54) is 0 Å². The molecule has 0 aliphatic heterocycles. The van der Waals surface area contributed by atoms with E-state index in [1.807, 2.05) is 54.6 Å². The van der Waals surface area contributed by atoms with Crippen LogP contribution in [0.2, 0.25) is 0 Å². The molecule has 0 atom stereocenters. The molecule has 2 heterocycles. The average molecular weight is 263 g/mol. The normalized spacial score (nSPS) is 13.6. The van der Waals surface area contributed by atoms with Crippen LogP contribution in [-0.4, -0.2) is 15.9 Å². The molecule has 4 heteroatoms. The van der Waals surface area contributed by atoms with Crippen LogP contribution in [-0.2, 0) is 4.79 Å². The Hall–Kier alpha value is -2.75. The quantitative estimate of drug-likeness (QED) is 0.926. The number of aromatic nitrogens is 2. The predicted molar refractivity (Wildman–Crippen MR) is 77.9 cm³/mol. The summed E-state index contributed by atoms with van der Waals surface area (Å²) in [5.41, 5.74) is 1.52. The number of allylic oxidation sites excluding steroid dienone is 2. The van der Waals surface area contributed by atoms with Crippen molar-refractivity contribution in [3.8, 4) is 11.4 Å². The van der Waals surface area contributed by atoms with E-state index < -0.39 is 0 Å². The van der Waals surface area contributed by atoms with Gasteiger partial charge in [0.25, 0.3) is 0 Å². The number of carbonyl (C=O) groups excluding carboxylic acids is 1. The molecule has 0 saturated carbocycles. The third kappa shape index (κ3) is 2.64. The monoisotopic (exact) mass is 263 g/mol. The number of pyridine rings is 2. The summed E-state index contributed by atoms with van der Waals surface area (Å²) >= 11 is 0. The molecule has 0 aromatic carbocycles. The van der Waals surface area contributed by atoms with Crippen LogP contribution >= 0.6 is 0 Å². The summed E-state index contributed by atoms with van der Waals surface area (Å²) in [4.78, 5) is 20.7. The van der Waals surface area contributed by atoms with Gasteiger partial charge in [-0.15, -0.1) is 0 Å². The SMILES string of the molecule is O=C(Nc1cccc(-c2ccccn2)n1)C1C=CC=C1. The Labute approximate surface area is 116 Å². The van der Waals surface area contributed by atoms with Crippen LogP contribution in [0.25, 0.3) is 11.4 Å². The minimum Gasteiger partial charge on any atom is -0.310 e. The van der Waals surface area contributed by atoms with Crippen molar-refractivity contribution in [1.29, 1.82) is 0 Å². The van der Waals surface area contributed by atoms with Crippen molar-refractivity contribution in [1.82, 2.24) is 9.97 Å². The molecule has 1 aliphatic carbocycles. The average Bonchev–Trinajstić information content (AvgIpc) is 3.03. The van der Waals surface area contributed by atoms with Gasteiger partial charge in [0.05, 0.1) is 17.3 Å². The molecule has 0 fully saturated rings. The van der Waals surface area contributed by atoms with Gasteiger partial charge in [-0.05, 0) is 24.3 Å². The van der Waals surface area contributed by atoms with Crippen molar-refractivity contribution in [2.75, 3.05) is 5.32 Å². The Morgan fingerprint density at radius 2 is 1.80 bits per heavy atom. The van der Waals surface area contributed by atoms with Gasteiger partial charge < -0.3 is 5.32 Å². The number of hydrogen-bond acceptors (Lipinski definition) is 3. The Morgan fingerprint density at radius 3 is 2.55 bits per heavy atom. The zero-order chi connectivity index (χ0) is 13.8. The van der Waals surface area contributed by atoms with Gasteiger partial charge in [0.2, 0.25) is 5.91 Å². The maximum absolute atomic E-state index is 12.0. The molecular weight excluding hydrogens is 250 g/mol. The van der Waals surface area contributed by atoms with E-state index in [0.29, 0.717) is 5.82 Å². The van der Waals surface area contributed by atoms with Crippen molar-refractivity contribution >= 4 is 11.7 Å². The van der Waals surface area contributed by atoms with Crippen molar-refractivity contribution in [2.24, 2.45) is 5.92 Å². The van der Waals surface area contributed by atoms with Gasteiger partial charge in [-0.1, -0.05) is 36.4 Å². The maximum Gasteiger partial charge on any atom is 0.236 e. The second-order valence-corrected chi connectivity index (χ2v) is 4.41. The van der Waals surface area contributed by atoms with Gasteiger partial charge in [0.15, 0.2) is 0 Å². The van der Waals surface area contributed by atoms with Crippen LogP contribution in [0.5, 0.6) is 0 Å². The topological polar surface area (TPSA) is 54.9 Å². The number of carbonyl (C=O) groups is 1. The van der Waals surface area contributed by atoms with Crippen LogP contribution in [0.4, 0.5) is 5.82 Å². The number of amides is 1. The lowest BCUT2D eigenvalue weighted by Gasteiger charge is -2.08. The number of anilines is 1. The minimum absolute atomic E-state index is 0.0827. The first-order valence-corrected chi connectivity index (χ1v) is 6.37. The Morgan fingerprint density at radius 1 is 1.00 bits per heavy atom. The molecule has 2 aromatic rings. The lowest BCUT2D eigenvalue weighted by Crippen LogP contribution is -2.19. The second kappa shape index (κ2) is 5.48. The van der Waals surface area contributed by atoms with Crippen LogP contribution < -0.4 is 5.32 Å². The molecule has 0 unspecified atom stereocenters. The van der Waals surface area contributed by atoms with Gasteiger partial charge in [-0.25, -0.2) is 4.98 Å². The molecule has 3 rings (SSSR count). The highest BCUT2D eigenvalue weighted by Gasteiger charge is 2.14. The Kier molecular flexibility index (Phi) is 3.37. The zero-order valence-corrected chi connectivity index (χ0v) is 10.7. The number of rotatable bonds is 3. The highest BCUT2D eigenvalue weighted by Crippen LogP contribution is 2.17. The molecule has 98 valence electrons. The van der Waals surface area contributed by atoms with Crippen molar-refractivity contribution in [2.45, 2.75) is 0 Å². The van der Waals surface area contributed by atoms with Gasteiger partial charge in [-0.2, -0.15) is 0 Å². The predicted octanol–water partition coefficient (Wildman–Crippen LogP) is 2.82. The molecule has 0 saturated heterocycles. The molecular formula is C16H13N3O. The fraction of sp³-hybridized carbons (Fsp3) is 0.0625. The fourth-order valence-electron chi connectivity index (χ4n) is 1.98. The summed E-state index contributed by atoms with van der Waals surface area (Å²) in [5, 5.41) is 2.81. The minimum atomic E-state index is -0.213. The molecule has 0 radical (unpaired) electrons. The van der Waals surface area contributed by atoms with E-state index >= 15 is 0 Å². The van der Waals surface area contributed by atoms with Crippen molar-refractivity contribution in [3.63, 3.8) is 0 Å². The first-order chi connectivity index (χ1) is 9.83. The highest BCUT2D eigenvalue weighted by atomic mass is 16.1. The standard InChI is InChI=1S/C16H13N3O/c20-16(12-6-1-2-7-12)19-15-10-5-9-14(18-15)13-8-3-4-11-17-13/h1-12H,(H,18,19,20). The third-order valence-corrected chi connectivity index (χ3v) is 2.98. The van der Waals surface area contributed by atoms with E-state index in [-0.39, 0.29) is 11.8 Å². The number of nitrogens with zero attached hydrogens (tertiary/aromatic N) is 2. The van der Waals surface area contributed by atoms with Crippen molar-refractivity contribution in [3.05, 3.63) is 66.9 Å². The third-order valence-electron chi connectivity index (χ3n) is 2.98. The molecule has 0 bridgehead atoms. The van der Waals surface area contributed by atoms with E-state index in [1.54, 1.807) is 12.3 Å². The first kappa shape index (κ1) is 12.3. The van der Waals surface area contributed by atoms with E-state index in [2.05, 4.69) is 15.3 Å². The number of hydrogen-bond donors (Lipinski definition) is 1. The number of nitrogens with one attached hydrogen (secondary N) is 1. The van der Waals surface area contributed by atoms with Gasteiger partial charge in [0, 0.05) is 6.20 Å². The van der Waals surface area contributed by atoms with E-state index in [4.69, 9.17) is 0 Å². The van der Waals surface area contributed by atoms with E-state index in [9.17, 15) is 4.79 Å². The van der Waals surface area contributed by atoms with Gasteiger partial charge >= 0.3 is 0 Å².